The molecule has 0 unspecified atom stereocenters. The predicted molar refractivity (Wildman–Crippen MR) is 82.4 cm³/mol. The van der Waals surface area contributed by atoms with Crippen LogP contribution in [0.5, 0.6) is 0 Å². The summed E-state index contributed by atoms with van der Waals surface area (Å²) in [6.07, 6.45) is 0.698. The first-order valence-corrected chi connectivity index (χ1v) is 6.78. The molecule has 1 amide bonds. The standard InChI is InChI=1S/C14H13Cl2N3O/c1-2-9-6-8(7-12(17)18-9)14(20)19-11-5-3-4-10(15)13(11)16/h3-7H,2H2,1H3,(H2,17,18)(H,19,20). The quantitative estimate of drug-likeness (QED) is 0.906. The Morgan fingerprint density at radius 3 is 2.80 bits per heavy atom. The number of pyridine rings is 1. The molecule has 1 heterocycles. The molecule has 0 bridgehead atoms. The molecule has 0 aliphatic carbocycles. The smallest absolute Gasteiger partial charge is 0.255 e. The van der Waals surface area contributed by atoms with E-state index in [4.69, 9.17) is 28.9 Å². The monoisotopic (exact) mass is 309 g/mol. The number of carbonyl (C=O) groups is 1. The van der Waals surface area contributed by atoms with Crippen LogP contribution < -0.4 is 11.1 Å². The molecular formula is C14H13Cl2N3O. The Labute approximate surface area is 126 Å². The molecule has 1 aromatic heterocycles. The number of nitrogens with two attached hydrogens (primary N) is 1. The van der Waals surface area contributed by atoms with Gasteiger partial charge in [0, 0.05) is 11.3 Å². The lowest BCUT2D eigenvalue weighted by Crippen LogP contribution is -2.13. The highest BCUT2D eigenvalue weighted by Crippen LogP contribution is 2.29. The summed E-state index contributed by atoms with van der Waals surface area (Å²) < 4.78 is 0. The first-order chi connectivity index (χ1) is 9.51. The van der Waals surface area contributed by atoms with Crippen LogP contribution >= 0.6 is 23.2 Å². The van der Waals surface area contributed by atoms with Gasteiger partial charge in [-0.15, -0.1) is 0 Å². The van der Waals surface area contributed by atoms with Gasteiger partial charge in [-0.1, -0.05) is 36.2 Å². The minimum atomic E-state index is -0.307. The average molecular weight is 310 g/mol. The zero-order chi connectivity index (χ0) is 14.7. The number of hydrogen-bond acceptors (Lipinski definition) is 3. The number of aromatic nitrogens is 1. The number of benzene rings is 1. The second-order valence-electron chi connectivity index (χ2n) is 4.18. The zero-order valence-corrected chi connectivity index (χ0v) is 12.3. The molecule has 0 aliphatic heterocycles. The number of aryl methyl sites for hydroxylation is 1. The Kier molecular flexibility index (Phi) is 4.47. The summed E-state index contributed by atoms with van der Waals surface area (Å²) in [5.74, 6) is 0.00431. The Morgan fingerprint density at radius 2 is 2.10 bits per heavy atom. The van der Waals surface area contributed by atoms with Crippen LogP contribution in [0.1, 0.15) is 23.0 Å². The van der Waals surface area contributed by atoms with Crippen LogP contribution in [-0.2, 0) is 6.42 Å². The minimum absolute atomic E-state index is 0.306. The highest BCUT2D eigenvalue weighted by molar-refractivity contribution is 6.44. The maximum Gasteiger partial charge on any atom is 0.255 e. The lowest BCUT2D eigenvalue weighted by molar-refractivity contribution is 0.102. The molecule has 0 aliphatic rings. The number of nitrogen functional groups attached to an aromatic ring is 1. The van der Waals surface area contributed by atoms with Gasteiger partial charge in [0.15, 0.2) is 0 Å². The van der Waals surface area contributed by atoms with Crippen molar-refractivity contribution in [3.63, 3.8) is 0 Å². The van der Waals surface area contributed by atoms with Gasteiger partial charge in [0.25, 0.3) is 5.91 Å². The van der Waals surface area contributed by atoms with Gasteiger partial charge in [-0.25, -0.2) is 4.98 Å². The molecule has 0 radical (unpaired) electrons. The lowest BCUT2D eigenvalue weighted by Gasteiger charge is -2.09. The molecule has 4 nitrogen and oxygen atoms in total. The summed E-state index contributed by atoms with van der Waals surface area (Å²) in [6.45, 7) is 1.94. The third kappa shape index (κ3) is 3.21. The fraction of sp³-hybridized carbons (Fsp3) is 0.143. The normalized spacial score (nSPS) is 10.3. The molecule has 0 fully saturated rings. The van der Waals surface area contributed by atoms with Gasteiger partial charge < -0.3 is 11.1 Å². The number of hydrogen-bond donors (Lipinski definition) is 2. The molecule has 2 aromatic rings. The van der Waals surface area contributed by atoms with Crippen LogP contribution in [0.15, 0.2) is 30.3 Å². The summed E-state index contributed by atoms with van der Waals surface area (Å²) in [5.41, 5.74) is 7.33. The van der Waals surface area contributed by atoms with Gasteiger partial charge in [0.2, 0.25) is 0 Å². The highest BCUT2D eigenvalue weighted by atomic mass is 35.5. The molecule has 20 heavy (non-hydrogen) atoms. The van der Waals surface area contributed by atoms with Crippen molar-refractivity contribution in [3.8, 4) is 0 Å². The van der Waals surface area contributed by atoms with Gasteiger partial charge in [0.05, 0.1) is 15.7 Å². The Balaban J connectivity index is 2.28. The van der Waals surface area contributed by atoms with E-state index in [0.717, 1.165) is 5.69 Å². The molecule has 0 saturated carbocycles. The van der Waals surface area contributed by atoms with Crippen molar-refractivity contribution < 1.29 is 4.79 Å². The van der Waals surface area contributed by atoms with Crippen molar-refractivity contribution in [2.45, 2.75) is 13.3 Å². The molecule has 1 aromatic carbocycles. The molecule has 0 spiro atoms. The molecule has 3 N–H and O–H groups in total. The van der Waals surface area contributed by atoms with E-state index < -0.39 is 0 Å². The van der Waals surface area contributed by atoms with Gasteiger partial charge >= 0.3 is 0 Å². The first-order valence-electron chi connectivity index (χ1n) is 6.03. The van der Waals surface area contributed by atoms with Gasteiger partial charge in [-0.05, 0) is 30.7 Å². The fourth-order valence-electron chi connectivity index (χ4n) is 1.72. The van der Waals surface area contributed by atoms with Crippen molar-refractivity contribution >= 4 is 40.6 Å². The van der Waals surface area contributed by atoms with E-state index in [1.54, 1.807) is 24.3 Å². The summed E-state index contributed by atoms with van der Waals surface area (Å²) in [5, 5.41) is 3.40. The SMILES string of the molecule is CCc1cc(C(=O)Nc2cccc(Cl)c2Cl)cc(N)n1. The molecule has 0 saturated heterocycles. The van der Waals surface area contributed by atoms with Crippen LogP contribution in [0, 0.1) is 0 Å². The second-order valence-corrected chi connectivity index (χ2v) is 4.97. The van der Waals surface area contributed by atoms with Crippen LogP contribution in [0.2, 0.25) is 10.0 Å². The second kappa shape index (κ2) is 6.11. The van der Waals surface area contributed by atoms with E-state index in [9.17, 15) is 4.79 Å². The van der Waals surface area contributed by atoms with Crippen molar-refractivity contribution in [3.05, 3.63) is 51.6 Å². The van der Waals surface area contributed by atoms with E-state index in [2.05, 4.69) is 10.3 Å². The summed E-state index contributed by atoms with van der Waals surface area (Å²) >= 11 is 11.9. The molecule has 6 heteroatoms. The zero-order valence-electron chi connectivity index (χ0n) is 10.8. The van der Waals surface area contributed by atoms with E-state index in [-0.39, 0.29) is 5.91 Å². The largest absolute Gasteiger partial charge is 0.384 e. The topological polar surface area (TPSA) is 68.0 Å². The maximum absolute atomic E-state index is 12.2. The van der Waals surface area contributed by atoms with Crippen molar-refractivity contribution in [2.75, 3.05) is 11.1 Å². The highest BCUT2D eigenvalue weighted by Gasteiger charge is 2.12. The number of nitrogens with one attached hydrogen (secondary N) is 1. The van der Waals surface area contributed by atoms with Gasteiger partial charge in [-0.2, -0.15) is 0 Å². The summed E-state index contributed by atoms with van der Waals surface area (Å²) in [6, 6.07) is 8.26. The number of halogens is 2. The molecule has 0 atom stereocenters. The number of anilines is 2. The molecule has 2 rings (SSSR count). The van der Waals surface area contributed by atoms with Gasteiger partial charge in [-0.3, -0.25) is 4.79 Å². The van der Waals surface area contributed by atoms with Crippen LogP contribution in [-0.4, -0.2) is 10.9 Å². The van der Waals surface area contributed by atoms with E-state index in [1.807, 2.05) is 6.92 Å². The average Bonchev–Trinajstić information content (AvgIpc) is 2.43. The fourth-order valence-corrected chi connectivity index (χ4v) is 2.07. The summed E-state index contributed by atoms with van der Waals surface area (Å²) in [7, 11) is 0. The Bertz CT molecular complexity index is 659. The Hall–Kier alpha value is -1.78. The van der Waals surface area contributed by atoms with E-state index in [0.29, 0.717) is 33.5 Å². The van der Waals surface area contributed by atoms with Crippen LogP contribution in [0.25, 0.3) is 0 Å². The molecular weight excluding hydrogens is 297 g/mol. The van der Waals surface area contributed by atoms with Crippen molar-refractivity contribution in [1.82, 2.24) is 4.98 Å². The number of carbonyl (C=O) groups excluding carboxylic acids is 1. The number of rotatable bonds is 3. The third-order valence-corrected chi connectivity index (χ3v) is 3.54. The summed E-state index contributed by atoms with van der Waals surface area (Å²) in [4.78, 5) is 16.3. The predicted octanol–water partition coefficient (Wildman–Crippen LogP) is 3.79. The maximum atomic E-state index is 12.2. The third-order valence-electron chi connectivity index (χ3n) is 2.72. The van der Waals surface area contributed by atoms with Crippen LogP contribution in [0.3, 0.4) is 0 Å². The van der Waals surface area contributed by atoms with Gasteiger partial charge in [0.1, 0.15) is 5.82 Å². The lowest BCUT2D eigenvalue weighted by atomic mass is 10.1. The Morgan fingerprint density at radius 1 is 1.35 bits per heavy atom. The van der Waals surface area contributed by atoms with Crippen LogP contribution in [0.4, 0.5) is 11.5 Å². The van der Waals surface area contributed by atoms with E-state index >= 15 is 0 Å². The van der Waals surface area contributed by atoms with E-state index in [1.165, 1.54) is 6.07 Å². The first kappa shape index (κ1) is 14.6. The van der Waals surface area contributed by atoms with Crippen molar-refractivity contribution in [2.24, 2.45) is 0 Å². The van der Waals surface area contributed by atoms with Crippen molar-refractivity contribution in [1.29, 1.82) is 0 Å². The number of amides is 1. The molecule has 104 valence electrons. The minimum Gasteiger partial charge on any atom is -0.384 e. The number of nitrogens with zero attached hydrogens (tertiary/aromatic N) is 1.